The normalized spacial score (nSPS) is 10.0. The van der Waals surface area contributed by atoms with Gasteiger partial charge >= 0.3 is 11.7 Å². The summed E-state index contributed by atoms with van der Waals surface area (Å²) in [6.07, 6.45) is 0. The first-order chi connectivity index (χ1) is 13.0. The van der Waals surface area contributed by atoms with Crippen molar-refractivity contribution in [3.8, 4) is 17.2 Å². The molecule has 0 aromatic heterocycles. The van der Waals surface area contributed by atoms with Crippen LogP contribution in [0, 0.1) is 10.1 Å². The molecular formula is C18H17NO8. The van der Waals surface area contributed by atoms with Gasteiger partial charge in [-0.2, -0.15) is 0 Å². The minimum atomic E-state index is -0.844. The quantitative estimate of drug-likeness (QED) is 0.284. The molecule has 2 aromatic carbocycles. The van der Waals surface area contributed by atoms with E-state index in [1.165, 1.54) is 44.6 Å². The van der Waals surface area contributed by atoms with E-state index in [0.717, 1.165) is 0 Å². The van der Waals surface area contributed by atoms with Crippen LogP contribution in [0.1, 0.15) is 10.4 Å². The highest BCUT2D eigenvalue weighted by Gasteiger charge is 2.18. The molecule has 2 rings (SSSR count). The highest BCUT2D eigenvalue weighted by atomic mass is 16.6. The number of nitro groups is 1. The number of carbonyl (C=O) groups excluding carboxylic acids is 2. The van der Waals surface area contributed by atoms with E-state index >= 15 is 0 Å². The van der Waals surface area contributed by atoms with Gasteiger partial charge in [-0.15, -0.1) is 0 Å². The fourth-order valence-corrected chi connectivity index (χ4v) is 2.16. The van der Waals surface area contributed by atoms with Crippen molar-refractivity contribution in [3.63, 3.8) is 0 Å². The zero-order valence-electron chi connectivity index (χ0n) is 14.7. The number of rotatable bonds is 9. The predicted molar refractivity (Wildman–Crippen MR) is 93.4 cm³/mol. The minimum absolute atomic E-state index is 0.0692. The van der Waals surface area contributed by atoms with E-state index in [0.29, 0.717) is 11.5 Å². The fourth-order valence-electron chi connectivity index (χ4n) is 2.16. The molecule has 0 fully saturated rings. The Kier molecular flexibility index (Phi) is 6.70. The van der Waals surface area contributed by atoms with Gasteiger partial charge in [-0.1, -0.05) is 12.1 Å². The Morgan fingerprint density at radius 1 is 1.00 bits per heavy atom. The van der Waals surface area contributed by atoms with Gasteiger partial charge in [-0.25, -0.2) is 4.79 Å². The van der Waals surface area contributed by atoms with Crippen LogP contribution in [0.4, 0.5) is 5.69 Å². The molecule has 0 amide bonds. The van der Waals surface area contributed by atoms with Gasteiger partial charge in [-0.3, -0.25) is 14.9 Å². The van der Waals surface area contributed by atoms with Crippen LogP contribution in [0.25, 0.3) is 0 Å². The van der Waals surface area contributed by atoms with Gasteiger partial charge in [0.05, 0.1) is 24.7 Å². The lowest BCUT2D eigenvalue weighted by atomic mass is 10.1. The highest BCUT2D eigenvalue weighted by Crippen LogP contribution is 2.26. The van der Waals surface area contributed by atoms with Crippen LogP contribution in [-0.2, 0) is 9.53 Å². The number of ketones is 1. The van der Waals surface area contributed by atoms with Crippen LogP contribution in [0.3, 0.4) is 0 Å². The van der Waals surface area contributed by atoms with Crippen molar-refractivity contribution in [2.24, 2.45) is 0 Å². The van der Waals surface area contributed by atoms with Gasteiger partial charge in [0.1, 0.15) is 11.5 Å². The number of ether oxygens (including phenoxy) is 4. The van der Waals surface area contributed by atoms with Crippen molar-refractivity contribution in [3.05, 3.63) is 58.1 Å². The fraction of sp³-hybridized carbons (Fsp3) is 0.222. The van der Waals surface area contributed by atoms with E-state index in [1.807, 2.05) is 0 Å². The van der Waals surface area contributed by atoms with E-state index in [1.54, 1.807) is 12.1 Å². The van der Waals surface area contributed by atoms with E-state index < -0.39 is 29.9 Å². The van der Waals surface area contributed by atoms with Crippen molar-refractivity contribution in [2.75, 3.05) is 27.4 Å². The molecule has 0 spiro atoms. The molecule has 0 unspecified atom stereocenters. The molecule has 2 aromatic rings. The number of hydrogen-bond acceptors (Lipinski definition) is 8. The third-order valence-electron chi connectivity index (χ3n) is 3.48. The van der Waals surface area contributed by atoms with E-state index in [-0.39, 0.29) is 17.0 Å². The maximum Gasteiger partial charge on any atom is 0.344 e. The van der Waals surface area contributed by atoms with Gasteiger partial charge in [0.2, 0.25) is 5.78 Å². The summed E-state index contributed by atoms with van der Waals surface area (Å²) in [6, 6.07) is 10.3. The molecule has 27 heavy (non-hydrogen) atoms. The summed E-state index contributed by atoms with van der Waals surface area (Å²) in [4.78, 5) is 34.3. The Morgan fingerprint density at radius 3 is 2.41 bits per heavy atom. The number of benzene rings is 2. The van der Waals surface area contributed by atoms with Crippen molar-refractivity contribution >= 4 is 17.4 Å². The second-order valence-corrected chi connectivity index (χ2v) is 5.16. The maximum absolute atomic E-state index is 12.3. The average Bonchev–Trinajstić information content (AvgIpc) is 2.69. The summed E-state index contributed by atoms with van der Waals surface area (Å²) in [6.45, 7) is -1.12. The smallest absolute Gasteiger partial charge is 0.344 e. The standard InChI is InChI=1S/C18H17NO8/c1-24-12-7-8-16(25-2)13(9-12)15(20)10-27-18(21)11-26-17-6-4-3-5-14(17)19(22)23/h3-9H,10-11H2,1-2H3. The Bertz CT molecular complexity index is 849. The zero-order valence-corrected chi connectivity index (χ0v) is 14.7. The number of methoxy groups -OCH3 is 2. The Labute approximate surface area is 154 Å². The predicted octanol–water partition coefficient (Wildman–Crippen LogP) is 2.42. The summed E-state index contributed by atoms with van der Waals surface area (Å²) in [7, 11) is 2.86. The monoisotopic (exact) mass is 375 g/mol. The summed E-state index contributed by atoms with van der Waals surface area (Å²) >= 11 is 0. The lowest BCUT2D eigenvalue weighted by molar-refractivity contribution is -0.385. The number of Topliss-reactive ketones (excluding diaryl/α,β-unsaturated/α-hetero) is 1. The molecule has 142 valence electrons. The molecule has 0 saturated carbocycles. The first-order valence-corrected chi connectivity index (χ1v) is 7.73. The van der Waals surface area contributed by atoms with Gasteiger partial charge in [0.15, 0.2) is 19.0 Å². The molecule has 0 aliphatic heterocycles. The summed E-state index contributed by atoms with van der Waals surface area (Å²) in [5.74, 6) is -0.647. The molecule has 9 nitrogen and oxygen atoms in total. The molecule has 9 heteroatoms. The highest BCUT2D eigenvalue weighted by molar-refractivity contribution is 6.00. The van der Waals surface area contributed by atoms with Gasteiger partial charge < -0.3 is 18.9 Å². The van der Waals surface area contributed by atoms with Gasteiger partial charge in [0.25, 0.3) is 0 Å². The molecule has 0 aliphatic rings. The van der Waals surface area contributed by atoms with Crippen LogP contribution in [0.15, 0.2) is 42.5 Å². The van der Waals surface area contributed by atoms with Crippen molar-refractivity contribution < 1.29 is 33.5 Å². The number of nitrogens with zero attached hydrogens (tertiary/aromatic N) is 1. The molecule has 0 atom stereocenters. The summed E-state index contributed by atoms with van der Waals surface area (Å²) in [5.41, 5.74) is -0.0771. The molecule has 0 saturated heterocycles. The van der Waals surface area contributed by atoms with Crippen molar-refractivity contribution in [2.45, 2.75) is 0 Å². The van der Waals surface area contributed by atoms with Crippen LogP contribution >= 0.6 is 0 Å². The zero-order chi connectivity index (χ0) is 19.8. The number of esters is 1. The largest absolute Gasteiger partial charge is 0.497 e. The first kappa shape index (κ1) is 19.7. The van der Waals surface area contributed by atoms with E-state index in [9.17, 15) is 19.7 Å². The number of carbonyl (C=O) groups is 2. The van der Waals surface area contributed by atoms with Crippen LogP contribution in [-0.4, -0.2) is 44.1 Å². The summed E-state index contributed by atoms with van der Waals surface area (Å²) < 4.78 is 20.1. The molecule has 0 bridgehead atoms. The topological polar surface area (TPSA) is 114 Å². The van der Waals surface area contributed by atoms with E-state index in [4.69, 9.17) is 18.9 Å². The third kappa shape index (κ3) is 5.18. The number of nitro benzene ring substituents is 1. The second kappa shape index (κ2) is 9.18. The van der Waals surface area contributed by atoms with Gasteiger partial charge in [0, 0.05) is 6.07 Å². The molecule has 0 radical (unpaired) electrons. The third-order valence-corrected chi connectivity index (χ3v) is 3.48. The van der Waals surface area contributed by atoms with Gasteiger partial charge in [-0.05, 0) is 24.3 Å². The number of hydrogen-bond donors (Lipinski definition) is 0. The second-order valence-electron chi connectivity index (χ2n) is 5.16. The molecular weight excluding hydrogens is 358 g/mol. The minimum Gasteiger partial charge on any atom is -0.497 e. The summed E-state index contributed by atoms with van der Waals surface area (Å²) in [5, 5.41) is 10.9. The molecule has 0 aliphatic carbocycles. The lowest BCUT2D eigenvalue weighted by Crippen LogP contribution is -2.20. The SMILES string of the molecule is COc1ccc(OC)c(C(=O)COC(=O)COc2ccccc2[N+](=O)[O-])c1. The Balaban J connectivity index is 1.94. The van der Waals surface area contributed by atoms with Crippen LogP contribution in [0.5, 0.6) is 17.2 Å². The molecule has 0 N–H and O–H groups in total. The Morgan fingerprint density at radius 2 is 1.74 bits per heavy atom. The van der Waals surface area contributed by atoms with E-state index in [2.05, 4.69) is 0 Å². The van der Waals surface area contributed by atoms with Crippen LogP contribution < -0.4 is 14.2 Å². The van der Waals surface area contributed by atoms with Crippen molar-refractivity contribution in [1.29, 1.82) is 0 Å². The van der Waals surface area contributed by atoms with Crippen molar-refractivity contribution in [1.82, 2.24) is 0 Å². The number of para-hydroxylation sites is 2. The average molecular weight is 375 g/mol. The first-order valence-electron chi connectivity index (χ1n) is 7.73. The Hall–Kier alpha value is -3.62. The van der Waals surface area contributed by atoms with Crippen LogP contribution in [0.2, 0.25) is 0 Å². The maximum atomic E-state index is 12.3. The lowest BCUT2D eigenvalue weighted by Gasteiger charge is -2.10. The molecule has 0 heterocycles.